The third-order valence-corrected chi connectivity index (χ3v) is 2.87. The minimum atomic E-state index is -0.888. The fraction of sp³-hybridized carbons (Fsp3) is 0.133. The minimum Gasteiger partial charge on any atom is -0.369 e. The summed E-state index contributed by atoms with van der Waals surface area (Å²) in [7, 11) is 0. The molecule has 0 N–H and O–H groups in total. The summed E-state index contributed by atoms with van der Waals surface area (Å²) in [5.74, 6) is -2.51. The number of hydrogen-bond acceptors (Lipinski definition) is 2. The maximum Gasteiger partial charge on any atom is 0.194 e. The summed E-state index contributed by atoms with van der Waals surface area (Å²) in [5.41, 5.74) is 0.206. The Balaban J connectivity index is 1.96. The van der Waals surface area contributed by atoms with Crippen molar-refractivity contribution in [1.29, 1.82) is 0 Å². The zero-order valence-electron chi connectivity index (χ0n) is 10.4. The molecule has 104 valence electrons. The van der Waals surface area contributed by atoms with Gasteiger partial charge in [-0.15, -0.1) is 0 Å². The molecule has 0 fully saturated rings. The van der Waals surface area contributed by atoms with Crippen molar-refractivity contribution in [3.63, 3.8) is 0 Å². The van der Waals surface area contributed by atoms with E-state index in [-0.39, 0.29) is 6.61 Å². The molecule has 0 aliphatic heterocycles. The average Bonchev–Trinajstić information content (AvgIpc) is 2.38. The molecule has 0 atom stereocenters. The number of rotatable bonds is 5. The third-order valence-electron chi connectivity index (χ3n) is 2.63. The molecule has 0 aliphatic rings. The topological polar surface area (TPSA) is 26.3 Å². The lowest BCUT2D eigenvalue weighted by Crippen LogP contribution is -2.13. The lowest BCUT2D eigenvalue weighted by Gasteiger charge is -2.06. The number of carbonyl (C=O) groups is 1. The van der Waals surface area contributed by atoms with E-state index in [1.54, 1.807) is 24.3 Å². The third kappa shape index (κ3) is 3.62. The van der Waals surface area contributed by atoms with E-state index in [1.807, 2.05) is 0 Å². The van der Waals surface area contributed by atoms with Gasteiger partial charge < -0.3 is 4.74 Å². The molecule has 0 bridgehead atoms. The van der Waals surface area contributed by atoms with Crippen molar-refractivity contribution in [1.82, 2.24) is 0 Å². The number of benzene rings is 2. The Morgan fingerprint density at radius 3 is 2.40 bits per heavy atom. The summed E-state index contributed by atoms with van der Waals surface area (Å²) >= 11 is 5.80. The van der Waals surface area contributed by atoms with Gasteiger partial charge in [0.1, 0.15) is 18.2 Å². The first-order chi connectivity index (χ1) is 9.58. The maximum absolute atomic E-state index is 13.4. The lowest BCUT2D eigenvalue weighted by molar-refractivity contribution is 0.0718. The fourth-order valence-corrected chi connectivity index (χ4v) is 1.94. The molecule has 0 heterocycles. The number of halogens is 3. The molecule has 0 radical (unpaired) electrons. The van der Waals surface area contributed by atoms with Gasteiger partial charge in [-0.25, -0.2) is 8.78 Å². The molecule has 2 aromatic carbocycles. The van der Waals surface area contributed by atoms with Crippen LogP contribution < -0.4 is 0 Å². The smallest absolute Gasteiger partial charge is 0.194 e. The van der Waals surface area contributed by atoms with E-state index in [0.29, 0.717) is 5.02 Å². The van der Waals surface area contributed by atoms with Crippen LogP contribution in [0.25, 0.3) is 0 Å². The van der Waals surface area contributed by atoms with Crippen molar-refractivity contribution in [3.05, 3.63) is 70.2 Å². The molecule has 2 rings (SSSR count). The van der Waals surface area contributed by atoms with E-state index in [0.717, 1.165) is 17.7 Å². The van der Waals surface area contributed by atoms with E-state index in [4.69, 9.17) is 16.3 Å². The summed E-state index contributed by atoms with van der Waals surface area (Å²) in [6.45, 7) is -0.257. The molecule has 0 saturated carbocycles. The molecule has 2 aromatic rings. The molecule has 0 saturated heterocycles. The van der Waals surface area contributed by atoms with Gasteiger partial charge in [-0.1, -0.05) is 29.8 Å². The van der Waals surface area contributed by atoms with Gasteiger partial charge in [-0.3, -0.25) is 4.79 Å². The van der Waals surface area contributed by atoms with Crippen LogP contribution in [0.4, 0.5) is 8.78 Å². The first-order valence-corrected chi connectivity index (χ1v) is 6.25. The van der Waals surface area contributed by atoms with Gasteiger partial charge in [0.15, 0.2) is 5.78 Å². The van der Waals surface area contributed by atoms with E-state index in [2.05, 4.69) is 0 Å². The largest absolute Gasteiger partial charge is 0.369 e. The summed E-state index contributed by atoms with van der Waals surface area (Å²) in [6, 6.07) is 10.2. The average molecular weight is 297 g/mol. The SMILES string of the molecule is O=C(COCc1cccc(Cl)c1)c1c(F)cccc1F. The fourth-order valence-electron chi connectivity index (χ4n) is 1.72. The van der Waals surface area contributed by atoms with Gasteiger partial charge in [0.05, 0.1) is 12.2 Å². The molecular formula is C15H11ClF2O2. The standard InChI is InChI=1S/C15H11ClF2O2/c16-11-4-1-3-10(7-11)8-20-9-14(19)15-12(17)5-2-6-13(15)18/h1-7H,8-9H2. The van der Waals surface area contributed by atoms with E-state index in [9.17, 15) is 13.6 Å². The highest BCUT2D eigenvalue weighted by molar-refractivity contribution is 6.30. The second-order valence-corrected chi connectivity index (χ2v) is 4.58. The quantitative estimate of drug-likeness (QED) is 0.779. The van der Waals surface area contributed by atoms with Crippen molar-refractivity contribution >= 4 is 17.4 Å². The van der Waals surface area contributed by atoms with Crippen LogP contribution in [0.5, 0.6) is 0 Å². The van der Waals surface area contributed by atoms with E-state index < -0.39 is 29.6 Å². The summed E-state index contributed by atoms with van der Waals surface area (Å²) in [5, 5.41) is 0.553. The van der Waals surface area contributed by atoms with Crippen LogP contribution in [-0.4, -0.2) is 12.4 Å². The second kappa shape index (κ2) is 6.59. The van der Waals surface area contributed by atoms with Gasteiger partial charge in [0.25, 0.3) is 0 Å². The van der Waals surface area contributed by atoms with Crippen molar-refractivity contribution in [2.45, 2.75) is 6.61 Å². The van der Waals surface area contributed by atoms with E-state index in [1.165, 1.54) is 6.07 Å². The van der Waals surface area contributed by atoms with Crippen LogP contribution in [0.3, 0.4) is 0 Å². The summed E-state index contributed by atoms with van der Waals surface area (Å²) in [4.78, 5) is 11.7. The molecular weight excluding hydrogens is 286 g/mol. The van der Waals surface area contributed by atoms with Gasteiger partial charge in [0, 0.05) is 5.02 Å². The van der Waals surface area contributed by atoms with Crippen LogP contribution in [0.2, 0.25) is 5.02 Å². The molecule has 20 heavy (non-hydrogen) atoms. The van der Waals surface area contributed by atoms with Gasteiger partial charge >= 0.3 is 0 Å². The predicted molar refractivity (Wildman–Crippen MR) is 71.8 cm³/mol. The molecule has 2 nitrogen and oxygen atoms in total. The van der Waals surface area contributed by atoms with Gasteiger partial charge in [0.2, 0.25) is 0 Å². The van der Waals surface area contributed by atoms with Crippen LogP contribution >= 0.6 is 11.6 Å². The van der Waals surface area contributed by atoms with Crippen molar-refractivity contribution in [3.8, 4) is 0 Å². The Hall–Kier alpha value is -1.78. The number of hydrogen-bond donors (Lipinski definition) is 0. The van der Waals surface area contributed by atoms with Crippen LogP contribution in [0.1, 0.15) is 15.9 Å². The van der Waals surface area contributed by atoms with Crippen LogP contribution in [-0.2, 0) is 11.3 Å². The highest BCUT2D eigenvalue weighted by Crippen LogP contribution is 2.14. The highest BCUT2D eigenvalue weighted by atomic mass is 35.5. The van der Waals surface area contributed by atoms with E-state index >= 15 is 0 Å². The zero-order chi connectivity index (χ0) is 14.5. The Kier molecular flexibility index (Phi) is 4.82. The first kappa shape index (κ1) is 14.6. The van der Waals surface area contributed by atoms with Crippen molar-refractivity contribution in [2.75, 3.05) is 6.61 Å². The lowest BCUT2D eigenvalue weighted by atomic mass is 10.1. The van der Waals surface area contributed by atoms with Crippen LogP contribution in [0, 0.1) is 11.6 Å². The second-order valence-electron chi connectivity index (χ2n) is 4.14. The Morgan fingerprint density at radius 1 is 1.10 bits per heavy atom. The Bertz CT molecular complexity index is 609. The van der Waals surface area contributed by atoms with Gasteiger partial charge in [-0.05, 0) is 29.8 Å². The van der Waals surface area contributed by atoms with Crippen molar-refractivity contribution < 1.29 is 18.3 Å². The zero-order valence-corrected chi connectivity index (χ0v) is 11.2. The molecule has 0 aliphatic carbocycles. The van der Waals surface area contributed by atoms with Gasteiger partial charge in [-0.2, -0.15) is 0 Å². The van der Waals surface area contributed by atoms with Crippen molar-refractivity contribution in [2.24, 2.45) is 0 Å². The van der Waals surface area contributed by atoms with Crippen LogP contribution in [0.15, 0.2) is 42.5 Å². The summed E-state index contributed by atoms with van der Waals surface area (Å²) < 4.78 is 31.9. The first-order valence-electron chi connectivity index (χ1n) is 5.87. The Labute approximate surface area is 119 Å². The molecule has 0 amide bonds. The number of ether oxygens (including phenoxy) is 1. The number of ketones is 1. The Morgan fingerprint density at radius 2 is 1.75 bits per heavy atom. The number of Topliss-reactive ketones (excluding diaryl/α,β-unsaturated/α-hetero) is 1. The summed E-state index contributed by atoms with van der Waals surface area (Å²) in [6.07, 6.45) is 0. The molecule has 0 aromatic heterocycles. The molecule has 0 unspecified atom stereocenters. The molecule has 5 heteroatoms. The molecule has 0 spiro atoms. The highest BCUT2D eigenvalue weighted by Gasteiger charge is 2.16. The maximum atomic E-state index is 13.4. The number of carbonyl (C=O) groups excluding carboxylic acids is 1. The minimum absolute atomic E-state index is 0.141. The monoisotopic (exact) mass is 296 g/mol. The normalized spacial score (nSPS) is 10.6. The predicted octanol–water partition coefficient (Wildman–Crippen LogP) is 4.02.